The minimum absolute atomic E-state index is 0.0347. The van der Waals surface area contributed by atoms with Crippen LogP contribution in [0.1, 0.15) is 11.1 Å². The lowest BCUT2D eigenvalue weighted by Crippen LogP contribution is -2.65. The highest BCUT2D eigenvalue weighted by atomic mass is 32.1. The lowest BCUT2D eigenvalue weighted by atomic mass is 9.72. The fourth-order valence-electron chi connectivity index (χ4n) is 2.60. The van der Waals surface area contributed by atoms with E-state index in [4.69, 9.17) is 12.2 Å². The minimum Gasteiger partial charge on any atom is -0.301 e. The first-order chi connectivity index (χ1) is 10.2. The van der Waals surface area contributed by atoms with Crippen LogP contribution in [0.5, 0.6) is 0 Å². The average molecular weight is 296 g/mol. The monoisotopic (exact) mass is 296 g/mol. The molecule has 0 bridgehead atoms. The SMILES string of the molecule is O=C1NC(=S)NC(=O)C1(c1ccccc1)c1ccccc1. The molecular weight excluding hydrogens is 284 g/mol. The Hall–Kier alpha value is -2.53. The Balaban J connectivity index is 2.28. The Labute approximate surface area is 127 Å². The standard InChI is InChI=1S/C16H12N2O2S/c19-13-16(11-7-3-1-4-8-11,12-9-5-2-6-10-12)14(20)18-15(21)17-13/h1-10H,(H2,17,18,19,20,21). The lowest BCUT2D eigenvalue weighted by Gasteiger charge is -2.35. The third kappa shape index (κ3) is 2.02. The third-order valence-corrected chi connectivity index (χ3v) is 3.75. The molecule has 2 aromatic carbocycles. The summed E-state index contributed by atoms with van der Waals surface area (Å²) in [4.78, 5) is 25.4. The van der Waals surface area contributed by atoms with E-state index in [1.165, 1.54) is 0 Å². The third-order valence-electron chi connectivity index (χ3n) is 3.55. The highest BCUT2D eigenvalue weighted by molar-refractivity contribution is 7.80. The molecule has 1 saturated heterocycles. The number of rotatable bonds is 2. The van der Waals surface area contributed by atoms with Crippen molar-refractivity contribution in [3.63, 3.8) is 0 Å². The van der Waals surface area contributed by atoms with Gasteiger partial charge in [-0.2, -0.15) is 0 Å². The van der Waals surface area contributed by atoms with Crippen molar-refractivity contribution in [3.05, 3.63) is 71.8 Å². The van der Waals surface area contributed by atoms with Crippen molar-refractivity contribution in [1.82, 2.24) is 10.6 Å². The second-order valence-electron chi connectivity index (χ2n) is 4.72. The molecule has 0 aromatic heterocycles. The van der Waals surface area contributed by atoms with Crippen LogP contribution in [0.25, 0.3) is 0 Å². The van der Waals surface area contributed by atoms with Crippen LogP contribution >= 0.6 is 12.2 Å². The quantitative estimate of drug-likeness (QED) is 0.652. The summed E-state index contributed by atoms with van der Waals surface area (Å²) in [6.07, 6.45) is 0. The van der Waals surface area contributed by atoms with Gasteiger partial charge >= 0.3 is 0 Å². The molecule has 1 aliphatic heterocycles. The van der Waals surface area contributed by atoms with Gasteiger partial charge in [0.05, 0.1) is 0 Å². The maximum absolute atomic E-state index is 12.7. The molecule has 0 unspecified atom stereocenters. The molecule has 0 saturated carbocycles. The van der Waals surface area contributed by atoms with E-state index in [-0.39, 0.29) is 5.11 Å². The molecule has 0 radical (unpaired) electrons. The summed E-state index contributed by atoms with van der Waals surface area (Å²) in [5.74, 6) is -0.873. The molecule has 3 rings (SSSR count). The maximum atomic E-state index is 12.7. The van der Waals surface area contributed by atoms with Crippen LogP contribution in [0.4, 0.5) is 0 Å². The summed E-state index contributed by atoms with van der Waals surface area (Å²) >= 11 is 4.90. The Morgan fingerprint density at radius 1 is 0.714 bits per heavy atom. The smallest absolute Gasteiger partial charge is 0.250 e. The molecule has 104 valence electrons. The zero-order chi connectivity index (χ0) is 14.9. The van der Waals surface area contributed by atoms with Gasteiger partial charge in [0.15, 0.2) is 10.5 Å². The van der Waals surface area contributed by atoms with E-state index in [0.717, 1.165) is 0 Å². The average Bonchev–Trinajstić information content (AvgIpc) is 2.49. The van der Waals surface area contributed by atoms with E-state index in [0.29, 0.717) is 11.1 Å². The van der Waals surface area contributed by atoms with E-state index < -0.39 is 17.2 Å². The van der Waals surface area contributed by atoms with E-state index in [2.05, 4.69) is 10.6 Å². The summed E-state index contributed by atoms with van der Waals surface area (Å²) in [7, 11) is 0. The predicted molar refractivity (Wildman–Crippen MR) is 82.5 cm³/mol. The molecule has 0 aliphatic carbocycles. The Kier molecular flexibility index (Phi) is 3.27. The minimum atomic E-state index is -1.43. The highest BCUT2D eigenvalue weighted by Crippen LogP contribution is 2.34. The number of nitrogens with one attached hydrogen (secondary N) is 2. The topological polar surface area (TPSA) is 58.2 Å². The zero-order valence-electron chi connectivity index (χ0n) is 11.0. The zero-order valence-corrected chi connectivity index (χ0v) is 11.8. The van der Waals surface area contributed by atoms with Gasteiger partial charge in [0.25, 0.3) is 11.8 Å². The van der Waals surface area contributed by atoms with Crippen molar-refractivity contribution in [2.45, 2.75) is 5.41 Å². The van der Waals surface area contributed by atoms with Crippen LogP contribution < -0.4 is 10.6 Å². The first kappa shape index (κ1) is 13.5. The first-order valence-corrected chi connectivity index (χ1v) is 6.84. The van der Waals surface area contributed by atoms with E-state index in [1.807, 2.05) is 12.1 Å². The van der Waals surface area contributed by atoms with Crippen molar-refractivity contribution in [3.8, 4) is 0 Å². The van der Waals surface area contributed by atoms with Crippen LogP contribution in [0.3, 0.4) is 0 Å². The molecule has 1 fully saturated rings. The molecule has 0 atom stereocenters. The molecule has 5 heteroatoms. The lowest BCUT2D eigenvalue weighted by molar-refractivity contribution is -0.135. The normalized spacial score (nSPS) is 17.0. The van der Waals surface area contributed by atoms with Crippen LogP contribution in [0.2, 0.25) is 0 Å². The Morgan fingerprint density at radius 3 is 1.48 bits per heavy atom. The van der Waals surface area contributed by atoms with E-state index >= 15 is 0 Å². The molecule has 2 aromatic rings. The second kappa shape index (κ2) is 5.10. The number of hydrogen-bond acceptors (Lipinski definition) is 3. The van der Waals surface area contributed by atoms with Crippen LogP contribution in [0, 0.1) is 0 Å². The Morgan fingerprint density at radius 2 is 1.10 bits per heavy atom. The van der Waals surface area contributed by atoms with Crippen LogP contribution in [-0.4, -0.2) is 16.9 Å². The van der Waals surface area contributed by atoms with Crippen molar-refractivity contribution in [1.29, 1.82) is 0 Å². The van der Waals surface area contributed by atoms with Gasteiger partial charge in [-0.1, -0.05) is 60.7 Å². The number of benzene rings is 2. The van der Waals surface area contributed by atoms with Gasteiger partial charge in [0, 0.05) is 0 Å². The molecule has 0 spiro atoms. The molecule has 2 amide bonds. The van der Waals surface area contributed by atoms with Crippen LogP contribution in [0.15, 0.2) is 60.7 Å². The van der Waals surface area contributed by atoms with Gasteiger partial charge in [-0.3, -0.25) is 9.59 Å². The summed E-state index contributed by atoms with van der Waals surface area (Å²) in [6, 6.07) is 17.9. The maximum Gasteiger partial charge on any atom is 0.250 e. The Bertz CT molecular complexity index is 652. The van der Waals surface area contributed by atoms with E-state index in [9.17, 15) is 9.59 Å². The van der Waals surface area contributed by atoms with Crippen molar-refractivity contribution < 1.29 is 9.59 Å². The van der Waals surface area contributed by atoms with Crippen LogP contribution in [-0.2, 0) is 15.0 Å². The molecule has 4 nitrogen and oxygen atoms in total. The fraction of sp³-hybridized carbons (Fsp3) is 0.0625. The molecular formula is C16H12N2O2S. The number of thiocarbonyl (C=S) groups is 1. The number of carbonyl (C=O) groups is 2. The van der Waals surface area contributed by atoms with E-state index in [1.54, 1.807) is 48.5 Å². The van der Waals surface area contributed by atoms with Gasteiger partial charge in [0.1, 0.15) is 0 Å². The molecule has 2 N–H and O–H groups in total. The predicted octanol–water partition coefficient (Wildman–Crippen LogP) is 1.50. The summed E-state index contributed by atoms with van der Waals surface area (Å²) in [5.41, 5.74) is -0.215. The number of hydrogen-bond donors (Lipinski definition) is 2. The highest BCUT2D eigenvalue weighted by Gasteiger charge is 2.52. The van der Waals surface area contributed by atoms with Crippen molar-refractivity contribution >= 4 is 29.1 Å². The summed E-state index contributed by atoms with van der Waals surface area (Å²) in [6.45, 7) is 0. The van der Waals surface area contributed by atoms with Gasteiger partial charge in [-0.05, 0) is 23.3 Å². The van der Waals surface area contributed by atoms with Gasteiger partial charge in [0.2, 0.25) is 0 Å². The van der Waals surface area contributed by atoms with Gasteiger partial charge in [-0.15, -0.1) is 0 Å². The van der Waals surface area contributed by atoms with Gasteiger partial charge in [-0.25, -0.2) is 0 Å². The molecule has 21 heavy (non-hydrogen) atoms. The fourth-order valence-corrected chi connectivity index (χ4v) is 2.78. The number of amides is 2. The molecule has 1 aliphatic rings. The molecule has 1 heterocycles. The van der Waals surface area contributed by atoms with Crippen molar-refractivity contribution in [2.75, 3.05) is 0 Å². The van der Waals surface area contributed by atoms with Gasteiger partial charge < -0.3 is 10.6 Å². The van der Waals surface area contributed by atoms with Crippen molar-refractivity contribution in [2.24, 2.45) is 0 Å². The number of carbonyl (C=O) groups excluding carboxylic acids is 2. The largest absolute Gasteiger partial charge is 0.301 e. The first-order valence-electron chi connectivity index (χ1n) is 6.43. The summed E-state index contributed by atoms with van der Waals surface area (Å²) < 4.78 is 0. The second-order valence-corrected chi connectivity index (χ2v) is 5.13. The summed E-state index contributed by atoms with van der Waals surface area (Å²) in [5, 5.41) is 5.15.